The van der Waals surface area contributed by atoms with Gasteiger partial charge in [-0.05, 0) is 35.9 Å². The lowest BCUT2D eigenvalue weighted by Crippen LogP contribution is -2.09. The Kier molecular flexibility index (Phi) is 6.57. The Bertz CT molecular complexity index is 1170. The summed E-state index contributed by atoms with van der Waals surface area (Å²) in [6.07, 6.45) is -0.558. The van der Waals surface area contributed by atoms with Crippen LogP contribution in [0.15, 0.2) is 65.6 Å². The normalized spacial score (nSPS) is 12.2. The lowest BCUT2D eigenvalue weighted by Gasteiger charge is -2.15. The van der Waals surface area contributed by atoms with Crippen molar-refractivity contribution in [1.82, 2.24) is 9.97 Å². The Morgan fingerprint density at radius 3 is 2.62 bits per heavy atom. The molecule has 32 heavy (non-hydrogen) atoms. The minimum Gasteiger partial charge on any atom is -0.403 e. The summed E-state index contributed by atoms with van der Waals surface area (Å²) in [5.74, 6) is -0.511. The van der Waals surface area contributed by atoms with Gasteiger partial charge in [0.2, 0.25) is 5.95 Å². The molecule has 0 saturated carbocycles. The molecule has 11 heteroatoms. The number of aliphatic imine (C=N–C) groups is 1. The van der Waals surface area contributed by atoms with Crippen molar-refractivity contribution in [2.45, 2.75) is 6.18 Å². The van der Waals surface area contributed by atoms with Crippen molar-refractivity contribution in [3.63, 3.8) is 0 Å². The van der Waals surface area contributed by atoms with Crippen molar-refractivity contribution in [3.05, 3.63) is 71.9 Å². The van der Waals surface area contributed by atoms with Crippen LogP contribution >= 0.6 is 0 Å². The molecule has 0 aliphatic carbocycles. The summed E-state index contributed by atoms with van der Waals surface area (Å²) in [5.41, 5.74) is 11.5. The third kappa shape index (κ3) is 5.31. The highest BCUT2D eigenvalue weighted by molar-refractivity contribution is 5.83. The van der Waals surface area contributed by atoms with Crippen molar-refractivity contribution < 1.29 is 17.6 Å². The van der Waals surface area contributed by atoms with Gasteiger partial charge in [0.05, 0.1) is 16.9 Å². The van der Waals surface area contributed by atoms with Gasteiger partial charge in [0.1, 0.15) is 11.6 Å². The number of nitrogen functional groups attached to an aromatic ring is 1. The molecule has 0 spiro atoms. The number of hydrogen-bond donors (Lipinski definition) is 4. The number of hydrogen-bond acceptors (Lipinski definition) is 7. The molecule has 0 amide bonds. The second-order valence-corrected chi connectivity index (χ2v) is 6.53. The molecular formula is C21H19F4N7. The number of alkyl halides is 3. The van der Waals surface area contributed by atoms with E-state index in [1.165, 1.54) is 42.9 Å². The van der Waals surface area contributed by atoms with E-state index in [1.807, 2.05) is 0 Å². The molecule has 0 aliphatic heterocycles. The third-order valence-corrected chi connectivity index (χ3v) is 4.24. The maximum atomic E-state index is 14.3. The number of nitrogens with two attached hydrogens (primary N) is 2. The van der Waals surface area contributed by atoms with Gasteiger partial charge in [-0.25, -0.2) is 9.37 Å². The molecule has 3 rings (SSSR count). The fourth-order valence-corrected chi connectivity index (χ4v) is 2.76. The van der Waals surface area contributed by atoms with E-state index < -0.39 is 17.6 Å². The van der Waals surface area contributed by atoms with Crippen LogP contribution in [0.25, 0.3) is 11.1 Å². The largest absolute Gasteiger partial charge is 0.416 e. The molecule has 7 nitrogen and oxygen atoms in total. The quantitative estimate of drug-likeness (QED) is 0.252. The van der Waals surface area contributed by atoms with Gasteiger partial charge in [-0.1, -0.05) is 12.1 Å². The fraction of sp³-hybridized carbons (Fsp3) is 0.0952. The number of nitrogens with one attached hydrogen (secondary N) is 2. The maximum Gasteiger partial charge on any atom is 0.416 e. The van der Waals surface area contributed by atoms with Gasteiger partial charge in [0, 0.05) is 36.9 Å². The van der Waals surface area contributed by atoms with E-state index >= 15 is 0 Å². The van der Waals surface area contributed by atoms with Crippen LogP contribution in [-0.2, 0) is 6.18 Å². The number of anilines is 4. The van der Waals surface area contributed by atoms with Crippen LogP contribution in [0.4, 0.5) is 40.7 Å². The summed E-state index contributed by atoms with van der Waals surface area (Å²) >= 11 is 0. The molecule has 0 atom stereocenters. The second kappa shape index (κ2) is 9.33. The molecule has 6 N–H and O–H groups in total. The van der Waals surface area contributed by atoms with Crippen LogP contribution in [0.1, 0.15) is 5.56 Å². The molecule has 3 aromatic rings. The first kappa shape index (κ1) is 22.5. The van der Waals surface area contributed by atoms with Crippen molar-refractivity contribution in [2.75, 3.05) is 23.4 Å². The molecule has 1 aromatic heterocycles. The maximum absolute atomic E-state index is 14.3. The Morgan fingerprint density at radius 2 is 1.94 bits per heavy atom. The molecule has 1 heterocycles. The second-order valence-electron chi connectivity index (χ2n) is 6.53. The molecule has 0 aliphatic rings. The van der Waals surface area contributed by atoms with Gasteiger partial charge in [0.25, 0.3) is 0 Å². The molecular weight excluding hydrogens is 426 g/mol. The SMILES string of the molecule is CN=C/C(=C\N)Nc1ncc(-c2cccc(C(F)(F)F)c2)c(Nc2cc(N)ccc2F)n1. The van der Waals surface area contributed by atoms with E-state index in [-0.39, 0.29) is 34.3 Å². The number of benzene rings is 2. The number of allylic oxidation sites excluding steroid dienone is 1. The minimum atomic E-state index is -4.54. The Hall–Kier alpha value is -4.15. The van der Waals surface area contributed by atoms with Crippen LogP contribution in [0.2, 0.25) is 0 Å². The average molecular weight is 445 g/mol. The van der Waals surface area contributed by atoms with Gasteiger partial charge < -0.3 is 22.1 Å². The zero-order valence-electron chi connectivity index (χ0n) is 16.8. The zero-order valence-corrected chi connectivity index (χ0v) is 16.8. The Labute approximate surface area is 180 Å². The summed E-state index contributed by atoms with van der Waals surface area (Å²) in [5, 5.41) is 5.61. The predicted octanol–water partition coefficient (Wildman–Crippen LogP) is 4.54. The number of rotatable bonds is 6. The van der Waals surface area contributed by atoms with E-state index in [1.54, 1.807) is 7.05 Å². The summed E-state index contributed by atoms with van der Waals surface area (Å²) in [4.78, 5) is 12.3. The van der Waals surface area contributed by atoms with E-state index in [0.29, 0.717) is 5.70 Å². The highest BCUT2D eigenvalue weighted by Gasteiger charge is 2.30. The Morgan fingerprint density at radius 1 is 1.16 bits per heavy atom. The topological polar surface area (TPSA) is 114 Å². The lowest BCUT2D eigenvalue weighted by atomic mass is 10.0. The summed E-state index contributed by atoms with van der Waals surface area (Å²) < 4.78 is 53.9. The fourth-order valence-electron chi connectivity index (χ4n) is 2.76. The monoisotopic (exact) mass is 445 g/mol. The van der Waals surface area contributed by atoms with Gasteiger partial charge in [-0.3, -0.25) is 4.99 Å². The molecule has 0 bridgehead atoms. The average Bonchev–Trinajstić information content (AvgIpc) is 2.75. The van der Waals surface area contributed by atoms with E-state index in [2.05, 4.69) is 25.6 Å². The minimum absolute atomic E-state index is 0.00686. The van der Waals surface area contributed by atoms with Crippen LogP contribution in [0.3, 0.4) is 0 Å². The van der Waals surface area contributed by atoms with Crippen molar-refractivity contribution in [1.29, 1.82) is 0 Å². The van der Waals surface area contributed by atoms with Gasteiger partial charge in [0.15, 0.2) is 0 Å². The molecule has 0 radical (unpaired) electrons. The molecule has 2 aromatic carbocycles. The Balaban J connectivity index is 2.11. The van der Waals surface area contributed by atoms with Crippen LogP contribution in [-0.4, -0.2) is 23.2 Å². The third-order valence-electron chi connectivity index (χ3n) is 4.24. The number of aromatic nitrogens is 2. The van der Waals surface area contributed by atoms with Crippen molar-refractivity contribution in [3.8, 4) is 11.1 Å². The lowest BCUT2D eigenvalue weighted by molar-refractivity contribution is -0.137. The highest BCUT2D eigenvalue weighted by Crippen LogP contribution is 2.35. The first-order valence-electron chi connectivity index (χ1n) is 9.19. The smallest absolute Gasteiger partial charge is 0.403 e. The zero-order chi connectivity index (χ0) is 23.3. The predicted molar refractivity (Wildman–Crippen MR) is 117 cm³/mol. The van der Waals surface area contributed by atoms with Crippen LogP contribution in [0.5, 0.6) is 0 Å². The number of halogens is 4. The molecule has 166 valence electrons. The first-order valence-corrected chi connectivity index (χ1v) is 9.19. The van der Waals surface area contributed by atoms with E-state index in [0.717, 1.165) is 18.2 Å². The summed E-state index contributed by atoms with van der Waals surface area (Å²) in [6.45, 7) is 0. The molecule has 0 unspecified atom stereocenters. The molecule has 0 saturated heterocycles. The van der Waals surface area contributed by atoms with Gasteiger partial charge >= 0.3 is 6.18 Å². The highest BCUT2D eigenvalue weighted by atomic mass is 19.4. The summed E-state index contributed by atoms with van der Waals surface area (Å²) in [7, 11) is 1.54. The van der Waals surface area contributed by atoms with Crippen molar-refractivity contribution in [2.24, 2.45) is 10.7 Å². The first-order chi connectivity index (χ1) is 15.2. The van der Waals surface area contributed by atoms with Gasteiger partial charge in [-0.2, -0.15) is 18.2 Å². The van der Waals surface area contributed by atoms with Crippen molar-refractivity contribution >= 4 is 29.4 Å². The van der Waals surface area contributed by atoms with Gasteiger partial charge in [-0.15, -0.1) is 0 Å². The number of nitrogens with zero attached hydrogens (tertiary/aromatic N) is 3. The van der Waals surface area contributed by atoms with E-state index in [9.17, 15) is 17.6 Å². The van der Waals surface area contributed by atoms with E-state index in [4.69, 9.17) is 11.5 Å². The summed E-state index contributed by atoms with van der Waals surface area (Å²) in [6, 6.07) is 8.53. The van der Waals surface area contributed by atoms with Crippen LogP contribution < -0.4 is 22.1 Å². The molecule has 0 fully saturated rings. The standard InChI is InChI=1S/C21H19F4N7/c1-28-10-15(9-26)30-20-29-11-16(12-3-2-4-13(7-12)21(23,24)25)19(32-20)31-18-8-14(27)5-6-17(18)22/h2-11H,26-27H2,1H3,(H2,29,30,31,32)/b15-9+,28-10?. The van der Waals surface area contributed by atoms with Crippen LogP contribution in [0, 0.1) is 5.82 Å².